The second kappa shape index (κ2) is 11.2. The fourth-order valence-corrected chi connectivity index (χ4v) is 6.00. The number of aromatic nitrogens is 2. The Labute approximate surface area is 232 Å². The zero-order valence-corrected chi connectivity index (χ0v) is 22.6. The average molecular weight is 539 g/mol. The van der Waals surface area contributed by atoms with Crippen LogP contribution < -0.4 is 0 Å². The van der Waals surface area contributed by atoms with Gasteiger partial charge in [-0.2, -0.15) is 5.10 Å². The van der Waals surface area contributed by atoms with E-state index in [1.165, 1.54) is 24.3 Å². The van der Waals surface area contributed by atoms with Gasteiger partial charge in [-0.3, -0.25) is 4.79 Å². The third kappa shape index (κ3) is 5.08. The molecule has 5 nitrogen and oxygen atoms in total. The Kier molecular flexibility index (Phi) is 7.29. The van der Waals surface area contributed by atoms with Gasteiger partial charge >= 0.3 is 0 Å². The molecule has 0 unspecified atom stereocenters. The minimum atomic E-state index is -0.325. The maximum atomic E-state index is 14.1. The summed E-state index contributed by atoms with van der Waals surface area (Å²) in [5.41, 5.74) is 5.52. The van der Waals surface area contributed by atoms with Gasteiger partial charge in [0.05, 0.1) is 22.8 Å². The predicted molar refractivity (Wildman–Crippen MR) is 153 cm³/mol. The van der Waals surface area contributed by atoms with E-state index in [9.17, 15) is 13.6 Å². The lowest BCUT2D eigenvalue weighted by Crippen LogP contribution is -2.34. The number of carbonyl (C=O) groups is 1. The first-order valence-corrected chi connectivity index (χ1v) is 14.1. The van der Waals surface area contributed by atoms with E-state index in [0.29, 0.717) is 0 Å². The van der Waals surface area contributed by atoms with Gasteiger partial charge < -0.3 is 4.57 Å². The summed E-state index contributed by atoms with van der Waals surface area (Å²) in [6, 6.07) is 20.4. The van der Waals surface area contributed by atoms with Crippen LogP contribution in [0.5, 0.6) is 0 Å². The maximum Gasteiger partial charge on any atom is 0.263 e. The van der Waals surface area contributed by atoms with Crippen molar-refractivity contribution in [2.24, 2.45) is 11.0 Å². The lowest BCUT2D eigenvalue weighted by molar-refractivity contribution is -0.134. The molecule has 1 aliphatic carbocycles. The summed E-state index contributed by atoms with van der Waals surface area (Å²) in [6.07, 6.45) is 7.52. The van der Waals surface area contributed by atoms with Crippen LogP contribution in [0.25, 0.3) is 17.1 Å². The van der Waals surface area contributed by atoms with Crippen LogP contribution in [0.1, 0.15) is 62.0 Å². The molecule has 0 saturated heterocycles. The van der Waals surface area contributed by atoms with Gasteiger partial charge in [-0.1, -0.05) is 49.7 Å². The normalized spacial score (nSPS) is 19.7. The largest absolute Gasteiger partial charge is 0.318 e. The number of aryl methyl sites for hydroxylation is 1. The number of carbonyl (C=O) groups excluding carboxylic acids is 1. The molecule has 2 heterocycles. The molecule has 4 aromatic rings. The first-order valence-electron chi connectivity index (χ1n) is 14.1. The van der Waals surface area contributed by atoms with Crippen molar-refractivity contribution in [1.82, 2.24) is 14.6 Å². The summed E-state index contributed by atoms with van der Waals surface area (Å²) >= 11 is 0. The van der Waals surface area contributed by atoms with Crippen molar-refractivity contribution < 1.29 is 13.6 Å². The molecule has 1 aliphatic heterocycles. The Hall–Kier alpha value is -4.13. The number of fused-ring (bicyclic) bond motifs is 2. The molecular formula is C33H32F2N4O. The molecule has 0 radical (unpaired) electrons. The Bertz CT molecular complexity index is 1590. The van der Waals surface area contributed by atoms with Crippen LogP contribution in [0.2, 0.25) is 0 Å². The van der Waals surface area contributed by atoms with Gasteiger partial charge in [0.25, 0.3) is 5.91 Å². The van der Waals surface area contributed by atoms with E-state index in [0.717, 1.165) is 77.8 Å². The van der Waals surface area contributed by atoms with Gasteiger partial charge in [0, 0.05) is 12.3 Å². The molecule has 3 aromatic carbocycles. The fraction of sp³-hybridized carbons (Fsp3) is 0.303. The van der Waals surface area contributed by atoms with Crippen molar-refractivity contribution in [3.05, 3.63) is 107 Å². The number of benzene rings is 3. The minimum absolute atomic E-state index is 0.00560. The van der Waals surface area contributed by atoms with Crippen molar-refractivity contribution in [2.75, 3.05) is 0 Å². The standard InChI is InChI=1S/C33H32F2N4O/c1-2-3-11-30-36-28-9-4-5-10-29(28)38(30)21-31(40)39-33(23-14-18-26(35)19-15-23)27-8-6-7-24(32(27)37-39)20-22-12-16-25(34)17-13-22/h4-5,9-10,12-20,27,33H,2-3,6-8,11,21H2,1H3/b24-20-/t27-,33-/m1/s1. The van der Waals surface area contributed by atoms with E-state index in [2.05, 4.69) is 6.92 Å². The van der Waals surface area contributed by atoms with E-state index in [1.54, 1.807) is 29.3 Å². The predicted octanol–water partition coefficient (Wildman–Crippen LogP) is 7.48. The van der Waals surface area contributed by atoms with Gasteiger partial charge in [-0.05, 0) is 84.9 Å². The Morgan fingerprint density at radius 1 is 1.00 bits per heavy atom. The van der Waals surface area contributed by atoms with Crippen LogP contribution in [0.15, 0.2) is 83.5 Å². The Morgan fingerprint density at radius 3 is 2.48 bits per heavy atom. The van der Waals surface area contributed by atoms with Crippen LogP contribution in [0, 0.1) is 17.6 Å². The third-order valence-corrected chi connectivity index (χ3v) is 7.96. The number of hydrogen-bond acceptors (Lipinski definition) is 3. The maximum absolute atomic E-state index is 14.1. The number of halogens is 2. The molecule has 1 fully saturated rings. The molecular weight excluding hydrogens is 506 g/mol. The van der Waals surface area contributed by atoms with Gasteiger partial charge in [-0.25, -0.2) is 18.8 Å². The molecule has 0 N–H and O–H groups in total. The highest BCUT2D eigenvalue weighted by Crippen LogP contribution is 2.44. The molecule has 1 amide bonds. The number of hydrazone groups is 1. The summed E-state index contributed by atoms with van der Waals surface area (Å²) in [6.45, 7) is 2.27. The first kappa shape index (κ1) is 26.1. The SMILES string of the molecule is CCCCc1nc2ccccc2n1CC(=O)N1N=C2/C(=C\c3ccc(F)cc3)CCC[C@H]2[C@H]1c1ccc(F)cc1. The zero-order valence-electron chi connectivity index (χ0n) is 22.6. The highest BCUT2D eigenvalue weighted by atomic mass is 19.1. The highest BCUT2D eigenvalue weighted by Gasteiger charge is 2.43. The summed E-state index contributed by atoms with van der Waals surface area (Å²) in [5, 5.41) is 6.59. The molecule has 0 spiro atoms. The van der Waals surface area contributed by atoms with Crippen molar-refractivity contribution in [2.45, 2.75) is 58.0 Å². The fourth-order valence-electron chi connectivity index (χ4n) is 6.00. The topological polar surface area (TPSA) is 50.5 Å². The van der Waals surface area contributed by atoms with E-state index >= 15 is 0 Å². The smallest absolute Gasteiger partial charge is 0.263 e. The summed E-state index contributed by atoms with van der Waals surface area (Å²) in [5.74, 6) is 0.176. The molecule has 0 bridgehead atoms. The number of allylic oxidation sites excluding steroid dienone is 1. The van der Waals surface area contributed by atoms with Crippen molar-refractivity contribution in [3.8, 4) is 0 Å². The molecule has 40 heavy (non-hydrogen) atoms. The molecule has 2 aliphatic rings. The van der Waals surface area contributed by atoms with E-state index in [4.69, 9.17) is 10.1 Å². The quantitative estimate of drug-likeness (QED) is 0.245. The molecule has 6 rings (SSSR count). The van der Waals surface area contributed by atoms with Gasteiger partial charge in [0.2, 0.25) is 0 Å². The lowest BCUT2D eigenvalue weighted by Gasteiger charge is -2.30. The Morgan fingerprint density at radius 2 is 1.73 bits per heavy atom. The molecule has 7 heteroatoms. The summed E-state index contributed by atoms with van der Waals surface area (Å²) in [7, 11) is 0. The van der Waals surface area contributed by atoms with Crippen LogP contribution >= 0.6 is 0 Å². The second-order valence-electron chi connectivity index (χ2n) is 10.6. The van der Waals surface area contributed by atoms with E-state index < -0.39 is 0 Å². The number of hydrogen-bond donors (Lipinski definition) is 0. The molecule has 2 atom stereocenters. The summed E-state index contributed by atoms with van der Waals surface area (Å²) in [4.78, 5) is 18.9. The molecule has 1 saturated carbocycles. The third-order valence-electron chi connectivity index (χ3n) is 7.96. The molecule has 204 valence electrons. The van der Waals surface area contributed by atoms with Crippen LogP contribution in [-0.2, 0) is 17.8 Å². The van der Waals surface area contributed by atoms with E-state index in [-0.39, 0.29) is 36.0 Å². The summed E-state index contributed by atoms with van der Waals surface area (Å²) < 4.78 is 29.4. The van der Waals surface area contributed by atoms with Crippen molar-refractivity contribution in [1.29, 1.82) is 0 Å². The number of para-hydroxylation sites is 2. The number of unbranched alkanes of at least 4 members (excludes halogenated alkanes) is 1. The molecule has 1 aromatic heterocycles. The number of amides is 1. The van der Waals surface area contributed by atoms with Gasteiger partial charge in [-0.15, -0.1) is 0 Å². The second-order valence-corrected chi connectivity index (χ2v) is 10.6. The van der Waals surface area contributed by atoms with Crippen molar-refractivity contribution in [3.63, 3.8) is 0 Å². The average Bonchev–Trinajstić information content (AvgIpc) is 3.53. The van der Waals surface area contributed by atoms with Crippen LogP contribution in [0.4, 0.5) is 8.78 Å². The van der Waals surface area contributed by atoms with Gasteiger partial charge in [0.15, 0.2) is 0 Å². The van der Waals surface area contributed by atoms with Crippen LogP contribution in [-0.4, -0.2) is 26.2 Å². The van der Waals surface area contributed by atoms with E-state index in [1.807, 2.05) is 34.9 Å². The minimum Gasteiger partial charge on any atom is -0.318 e. The van der Waals surface area contributed by atoms with Crippen LogP contribution in [0.3, 0.4) is 0 Å². The lowest BCUT2D eigenvalue weighted by atomic mass is 9.77. The zero-order chi connectivity index (χ0) is 27.6. The monoisotopic (exact) mass is 538 g/mol. The highest BCUT2D eigenvalue weighted by molar-refractivity contribution is 6.08. The number of rotatable bonds is 7. The Balaban J connectivity index is 1.39. The number of nitrogens with zero attached hydrogens (tertiary/aromatic N) is 4. The first-order chi connectivity index (χ1) is 19.5. The van der Waals surface area contributed by atoms with Crippen molar-refractivity contribution >= 4 is 28.7 Å². The number of imidazole rings is 1. The van der Waals surface area contributed by atoms with Gasteiger partial charge in [0.1, 0.15) is 24.0 Å².